The Labute approximate surface area is 202 Å². The number of carbonyl (C=O) groups excluding carboxylic acids is 1. The minimum atomic E-state index is -3.77. The summed E-state index contributed by atoms with van der Waals surface area (Å²) in [5.41, 5.74) is 2.05. The number of piperidine rings is 1. The second-order valence-electron chi connectivity index (χ2n) is 8.26. The maximum Gasteiger partial charge on any atom is 0.243 e. The molecule has 6 nitrogen and oxygen atoms in total. The van der Waals surface area contributed by atoms with Crippen LogP contribution in [0.2, 0.25) is 5.02 Å². The van der Waals surface area contributed by atoms with Crippen molar-refractivity contribution in [3.8, 4) is 5.75 Å². The van der Waals surface area contributed by atoms with E-state index in [-0.39, 0.29) is 34.3 Å². The van der Waals surface area contributed by atoms with E-state index in [9.17, 15) is 13.2 Å². The first-order valence-corrected chi connectivity index (χ1v) is 13.4. The molecule has 0 aromatic heterocycles. The number of benzene rings is 2. The summed E-state index contributed by atoms with van der Waals surface area (Å²) < 4.78 is 34.4. The summed E-state index contributed by atoms with van der Waals surface area (Å²) in [4.78, 5) is 15.5. The number of carbonyl (C=O) groups is 1. The molecule has 0 aliphatic carbocycles. The number of fused-ring (bicyclic) bond motifs is 1. The highest BCUT2D eigenvalue weighted by Crippen LogP contribution is 2.37. The lowest BCUT2D eigenvalue weighted by Gasteiger charge is -2.34. The SMILES string of the molecule is CCOc1ccc(S(=O)(=O)N2CCC[C@@H](C(=O)N3c4ccc(Br)cc4C[C@@H]3C)C2)cc1Cl. The zero-order chi connectivity index (χ0) is 23.0. The molecule has 2 aromatic rings. The Kier molecular flexibility index (Phi) is 6.86. The molecule has 0 saturated carbocycles. The standard InChI is InChI=1S/C23H26BrClN2O4S/c1-3-31-22-9-7-19(13-20(22)25)32(29,30)26-10-4-5-16(14-26)23(28)27-15(2)11-17-12-18(24)6-8-21(17)27/h6-9,12-13,15-16H,3-5,10-11,14H2,1-2H3/t15-,16+/m0/s1. The molecule has 0 bridgehead atoms. The van der Waals surface area contributed by atoms with E-state index in [2.05, 4.69) is 15.9 Å². The first-order valence-electron chi connectivity index (χ1n) is 10.8. The molecule has 0 N–H and O–H groups in total. The molecule has 2 aliphatic heterocycles. The molecule has 1 fully saturated rings. The molecular formula is C23H26BrClN2O4S. The number of ether oxygens (including phenoxy) is 1. The monoisotopic (exact) mass is 540 g/mol. The predicted molar refractivity (Wildman–Crippen MR) is 129 cm³/mol. The van der Waals surface area contributed by atoms with Crippen LogP contribution in [0.15, 0.2) is 45.8 Å². The molecule has 172 valence electrons. The number of anilines is 1. The highest BCUT2D eigenvalue weighted by atomic mass is 79.9. The number of hydrogen-bond acceptors (Lipinski definition) is 4. The molecule has 2 aromatic carbocycles. The Hall–Kier alpha value is -1.61. The molecule has 2 heterocycles. The molecule has 0 radical (unpaired) electrons. The molecule has 0 spiro atoms. The van der Waals surface area contributed by atoms with Crippen LogP contribution in [0, 0.1) is 5.92 Å². The lowest BCUT2D eigenvalue weighted by Crippen LogP contribution is -2.48. The highest BCUT2D eigenvalue weighted by molar-refractivity contribution is 9.10. The number of amides is 1. The van der Waals surface area contributed by atoms with Gasteiger partial charge in [0.1, 0.15) is 5.75 Å². The van der Waals surface area contributed by atoms with Crippen molar-refractivity contribution in [2.75, 3.05) is 24.6 Å². The fourth-order valence-electron chi connectivity index (χ4n) is 4.56. The lowest BCUT2D eigenvalue weighted by molar-refractivity contribution is -0.123. The molecule has 32 heavy (non-hydrogen) atoms. The lowest BCUT2D eigenvalue weighted by atomic mass is 9.97. The van der Waals surface area contributed by atoms with Gasteiger partial charge in [-0.3, -0.25) is 4.79 Å². The second-order valence-corrected chi connectivity index (χ2v) is 11.5. The van der Waals surface area contributed by atoms with Crippen LogP contribution in [-0.4, -0.2) is 44.4 Å². The van der Waals surface area contributed by atoms with Crippen LogP contribution in [0.25, 0.3) is 0 Å². The van der Waals surface area contributed by atoms with E-state index in [1.807, 2.05) is 36.9 Å². The Morgan fingerprint density at radius 2 is 2.03 bits per heavy atom. The summed E-state index contributed by atoms with van der Waals surface area (Å²) in [6.07, 6.45) is 2.10. The maximum atomic E-state index is 13.5. The van der Waals surface area contributed by atoms with Gasteiger partial charge in [0, 0.05) is 29.3 Å². The van der Waals surface area contributed by atoms with Crippen molar-refractivity contribution in [1.82, 2.24) is 4.31 Å². The van der Waals surface area contributed by atoms with Crippen LogP contribution in [0.4, 0.5) is 5.69 Å². The van der Waals surface area contributed by atoms with Gasteiger partial charge in [-0.1, -0.05) is 27.5 Å². The third kappa shape index (κ3) is 4.42. The number of halogens is 2. The molecule has 2 atom stereocenters. The number of rotatable bonds is 5. The molecule has 4 rings (SSSR count). The Balaban J connectivity index is 1.55. The van der Waals surface area contributed by atoms with E-state index >= 15 is 0 Å². The maximum absolute atomic E-state index is 13.5. The van der Waals surface area contributed by atoms with Crippen LogP contribution in [0.3, 0.4) is 0 Å². The minimum absolute atomic E-state index is 0.0109. The Morgan fingerprint density at radius 1 is 1.25 bits per heavy atom. The third-order valence-electron chi connectivity index (χ3n) is 6.07. The first-order chi connectivity index (χ1) is 15.2. The third-order valence-corrected chi connectivity index (χ3v) is 8.72. The molecule has 0 unspecified atom stereocenters. The van der Waals surface area contributed by atoms with Gasteiger partial charge >= 0.3 is 0 Å². The second kappa shape index (κ2) is 9.33. The van der Waals surface area contributed by atoms with Crippen molar-refractivity contribution in [2.45, 2.75) is 44.0 Å². The summed E-state index contributed by atoms with van der Waals surface area (Å²) in [6.45, 7) is 4.86. The van der Waals surface area contributed by atoms with Crippen molar-refractivity contribution in [1.29, 1.82) is 0 Å². The van der Waals surface area contributed by atoms with Gasteiger partial charge in [0.05, 0.1) is 22.4 Å². The van der Waals surface area contributed by atoms with Gasteiger partial charge in [-0.05, 0) is 75.1 Å². The Bertz CT molecular complexity index is 1140. The van der Waals surface area contributed by atoms with Crippen LogP contribution in [-0.2, 0) is 21.2 Å². The van der Waals surface area contributed by atoms with Gasteiger partial charge in [0.25, 0.3) is 0 Å². The number of nitrogens with zero attached hydrogens (tertiary/aromatic N) is 2. The molecule has 2 aliphatic rings. The molecule has 9 heteroatoms. The van der Waals surface area contributed by atoms with E-state index < -0.39 is 10.0 Å². The van der Waals surface area contributed by atoms with Crippen molar-refractivity contribution in [3.63, 3.8) is 0 Å². The van der Waals surface area contributed by atoms with Gasteiger partial charge in [0.2, 0.25) is 15.9 Å². The zero-order valence-corrected chi connectivity index (χ0v) is 21.2. The topological polar surface area (TPSA) is 66.9 Å². The summed E-state index contributed by atoms with van der Waals surface area (Å²) in [5.74, 6) is 0.0603. The molecule has 1 amide bonds. The van der Waals surface area contributed by atoms with Gasteiger partial charge < -0.3 is 9.64 Å². The summed E-state index contributed by atoms with van der Waals surface area (Å²) in [5, 5.41) is 0.256. The quantitative estimate of drug-likeness (QED) is 0.541. The van der Waals surface area contributed by atoms with Crippen molar-refractivity contribution in [2.24, 2.45) is 5.92 Å². The van der Waals surface area contributed by atoms with Crippen LogP contribution in [0.5, 0.6) is 5.75 Å². The molecular weight excluding hydrogens is 516 g/mol. The van der Waals surface area contributed by atoms with E-state index in [0.717, 1.165) is 22.1 Å². The number of sulfonamides is 1. The van der Waals surface area contributed by atoms with E-state index in [1.54, 1.807) is 6.07 Å². The smallest absolute Gasteiger partial charge is 0.243 e. The van der Waals surface area contributed by atoms with Crippen LogP contribution < -0.4 is 9.64 Å². The summed E-state index contributed by atoms with van der Waals surface area (Å²) >= 11 is 9.72. The fourth-order valence-corrected chi connectivity index (χ4v) is 6.82. The molecule has 1 saturated heterocycles. The zero-order valence-electron chi connectivity index (χ0n) is 18.1. The van der Waals surface area contributed by atoms with Gasteiger partial charge in [-0.2, -0.15) is 4.31 Å². The van der Waals surface area contributed by atoms with E-state index in [1.165, 1.54) is 16.4 Å². The van der Waals surface area contributed by atoms with Crippen molar-refractivity contribution < 1.29 is 17.9 Å². The summed E-state index contributed by atoms with van der Waals surface area (Å²) in [6, 6.07) is 10.5. The van der Waals surface area contributed by atoms with Gasteiger partial charge in [-0.25, -0.2) is 8.42 Å². The number of hydrogen-bond donors (Lipinski definition) is 0. The van der Waals surface area contributed by atoms with Crippen molar-refractivity contribution >= 4 is 49.1 Å². The summed E-state index contributed by atoms with van der Waals surface area (Å²) in [7, 11) is -3.77. The Morgan fingerprint density at radius 3 is 2.75 bits per heavy atom. The minimum Gasteiger partial charge on any atom is -0.492 e. The van der Waals surface area contributed by atoms with Crippen LogP contribution >= 0.6 is 27.5 Å². The van der Waals surface area contributed by atoms with Gasteiger partial charge in [0.15, 0.2) is 0 Å². The first kappa shape index (κ1) is 23.5. The van der Waals surface area contributed by atoms with E-state index in [0.29, 0.717) is 31.7 Å². The van der Waals surface area contributed by atoms with Crippen molar-refractivity contribution in [3.05, 3.63) is 51.5 Å². The van der Waals surface area contributed by atoms with Gasteiger partial charge in [-0.15, -0.1) is 0 Å². The average Bonchev–Trinajstić information content (AvgIpc) is 3.09. The largest absolute Gasteiger partial charge is 0.492 e. The normalized spacial score (nSPS) is 21.4. The predicted octanol–water partition coefficient (Wildman–Crippen LogP) is 4.88. The average molecular weight is 542 g/mol. The van der Waals surface area contributed by atoms with E-state index in [4.69, 9.17) is 16.3 Å². The fraction of sp³-hybridized carbons (Fsp3) is 0.435. The highest BCUT2D eigenvalue weighted by Gasteiger charge is 2.39. The van der Waals surface area contributed by atoms with Crippen LogP contribution in [0.1, 0.15) is 32.3 Å².